The molecule has 0 radical (unpaired) electrons. The second-order valence-electron chi connectivity index (χ2n) is 5.48. The minimum atomic E-state index is -0.152. The molecule has 1 fully saturated rings. The fourth-order valence-corrected chi connectivity index (χ4v) is 2.75. The van der Waals surface area contributed by atoms with Crippen molar-refractivity contribution in [1.82, 2.24) is 9.80 Å². The van der Waals surface area contributed by atoms with E-state index >= 15 is 0 Å². The Bertz CT molecular complexity index is 314. The molecule has 1 amide bonds. The Kier molecular flexibility index (Phi) is 7.59. The highest BCUT2D eigenvalue weighted by Crippen LogP contribution is 2.17. The molecule has 0 saturated carbocycles. The quantitative estimate of drug-likeness (QED) is 0.665. The molecule has 0 aromatic rings. The minimum Gasteiger partial charge on any atom is -0.469 e. The summed E-state index contributed by atoms with van der Waals surface area (Å²) >= 11 is 0. The maximum absolute atomic E-state index is 12.3. The third-order valence-electron chi connectivity index (χ3n) is 3.74. The Morgan fingerprint density at radius 2 is 1.90 bits per heavy atom. The number of ether oxygens (including phenoxy) is 1. The molecular weight excluding hydrogens is 256 g/mol. The molecule has 1 aliphatic heterocycles. The molecule has 0 bridgehead atoms. The van der Waals surface area contributed by atoms with Crippen molar-refractivity contribution >= 4 is 11.9 Å². The Hall–Kier alpha value is -1.10. The first-order valence-corrected chi connectivity index (χ1v) is 7.70. The van der Waals surface area contributed by atoms with Crippen LogP contribution in [0.15, 0.2) is 0 Å². The molecule has 5 nitrogen and oxygen atoms in total. The molecule has 1 saturated heterocycles. The van der Waals surface area contributed by atoms with Crippen LogP contribution in [0.4, 0.5) is 0 Å². The van der Waals surface area contributed by atoms with Crippen LogP contribution < -0.4 is 0 Å². The van der Waals surface area contributed by atoms with Gasteiger partial charge in [-0.15, -0.1) is 0 Å². The highest BCUT2D eigenvalue weighted by Gasteiger charge is 2.28. The van der Waals surface area contributed by atoms with Gasteiger partial charge in [0.1, 0.15) is 0 Å². The van der Waals surface area contributed by atoms with E-state index in [4.69, 9.17) is 4.74 Å². The Labute approximate surface area is 122 Å². The number of rotatable bonds is 7. The maximum atomic E-state index is 12.3. The molecule has 1 aliphatic rings. The molecule has 1 heterocycles. The van der Waals surface area contributed by atoms with Crippen molar-refractivity contribution in [2.75, 3.05) is 39.8 Å². The van der Waals surface area contributed by atoms with Gasteiger partial charge in [-0.3, -0.25) is 14.5 Å². The van der Waals surface area contributed by atoms with Gasteiger partial charge in [0.05, 0.1) is 19.6 Å². The first-order chi connectivity index (χ1) is 9.62. The summed E-state index contributed by atoms with van der Waals surface area (Å²) in [5.74, 6) is -0.0484. The number of esters is 1. The van der Waals surface area contributed by atoms with Gasteiger partial charge in [0.15, 0.2) is 0 Å². The van der Waals surface area contributed by atoms with Crippen molar-refractivity contribution in [1.29, 1.82) is 0 Å². The van der Waals surface area contributed by atoms with Gasteiger partial charge in [0.25, 0.3) is 0 Å². The summed E-state index contributed by atoms with van der Waals surface area (Å²) in [6.45, 7) is 7.78. The monoisotopic (exact) mass is 284 g/mol. The molecule has 1 rings (SSSR count). The Morgan fingerprint density at radius 3 is 2.45 bits per heavy atom. The van der Waals surface area contributed by atoms with Crippen LogP contribution in [0.1, 0.15) is 39.5 Å². The van der Waals surface area contributed by atoms with Crippen LogP contribution in [0.25, 0.3) is 0 Å². The molecule has 0 unspecified atom stereocenters. The average Bonchev–Trinajstić information content (AvgIpc) is 2.46. The van der Waals surface area contributed by atoms with Gasteiger partial charge in [0, 0.05) is 19.6 Å². The zero-order valence-corrected chi connectivity index (χ0v) is 13.1. The van der Waals surface area contributed by atoms with E-state index in [1.165, 1.54) is 7.11 Å². The molecule has 1 atom stereocenters. The fraction of sp³-hybridized carbons (Fsp3) is 0.867. The minimum absolute atomic E-state index is 0.0765. The van der Waals surface area contributed by atoms with Gasteiger partial charge >= 0.3 is 5.97 Å². The van der Waals surface area contributed by atoms with Crippen LogP contribution in [0.5, 0.6) is 0 Å². The summed E-state index contributed by atoms with van der Waals surface area (Å²) in [4.78, 5) is 27.9. The normalized spacial score (nSPS) is 19.6. The third-order valence-corrected chi connectivity index (χ3v) is 3.74. The van der Waals surface area contributed by atoms with E-state index in [9.17, 15) is 9.59 Å². The lowest BCUT2D eigenvalue weighted by molar-refractivity contribution is -0.148. The van der Waals surface area contributed by atoms with E-state index in [0.29, 0.717) is 13.1 Å². The van der Waals surface area contributed by atoms with Crippen LogP contribution >= 0.6 is 0 Å². The highest BCUT2D eigenvalue weighted by atomic mass is 16.5. The van der Waals surface area contributed by atoms with Gasteiger partial charge in [-0.1, -0.05) is 13.8 Å². The van der Waals surface area contributed by atoms with Crippen LogP contribution in [0, 0.1) is 5.92 Å². The molecule has 0 aliphatic carbocycles. The molecule has 0 N–H and O–H groups in total. The van der Waals surface area contributed by atoms with Crippen molar-refractivity contribution in [3.63, 3.8) is 0 Å². The van der Waals surface area contributed by atoms with Crippen LogP contribution in [0.3, 0.4) is 0 Å². The van der Waals surface area contributed by atoms with Gasteiger partial charge in [0.2, 0.25) is 5.91 Å². The standard InChI is InChI=1S/C15H28N2O3/c1-4-8-17(9-5-2)14(18)12-16-10-6-7-13(11-16)15(19)20-3/h13H,4-12H2,1-3H3/t13-/m0/s1. The Morgan fingerprint density at radius 1 is 1.25 bits per heavy atom. The first-order valence-electron chi connectivity index (χ1n) is 7.70. The maximum Gasteiger partial charge on any atom is 0.309 e. The summed E-state index contributed by atoms with van der Waals surface area (Å²) in [5, 5.41) is 0. The van der Waals surface area contributed by atoms with Gasteiger partial charge in [-0.05, 0) is 32.2 Å². The van der Waals surface area contributed by atoms with Crippen molar-refractivity contribution in [2.24, 2.45) is 5.92 Å². The van der Waals surface area contributed by atoms with Gasteiger partial charge in [-0.25, -0.2) is 0 Å². The number of piperidine rings is 1. The summed E-state index contributed by atoms with van der Waals surface area (Å²) in [5.41, 5.74) is 0. The first kappa shape index (κ1) is 17.0. The molecule has 0 aromatic carbocycles. The van der Waals surface area contributed by atoms with E-state index < -0.39 is 0 Å². The lowest BCUT2D eigenvalue weighted by Crippen LogP contribution is -2.46. The SMILES string of the molecule is CCCN(CCC)C(=O)CN1CCC[C@H](C(=O)OC)C1. The number of likely N-dealkylation sites (tertiary alicyclic amines) is 1. The largest absolute Gasteiger partial charge is 0.469 e. The predicted octanol–water partition coefficient (Wildman–Crippen LogP) is 1.52. The van der Waals surface area contributed by atoms with Crippen LogP contribution in [0.2, 0.25) is 0 Å². The molecular formula is C15H28N2O3. The van der Waals surface area contributed by atoms with E-state index in [1.807, 2.05) is 4.90 Å². The van der Waals surface area contributed by atoms with Gasteiger partial charge in [-0.2, -0.15) is 0 Å². The number of hydrogen-bond donors (Lipinski definition) is 0. The Balaban J connectivity index is 2.49. The van der Waals surface area contributed by atoms with Gasteiger partial charge < -0.3 is 9.64 Å². The number of carbonyl (C=O) groups is 2. The fourth-order valence-electron chi connectivity index (χ4n) is 2.75. The van der Waals surface area contributed by atoms with Crippen LogP contribution in [-0.2, 0) is 14.3 Å². The van der Waals surface area contributed by atoms with E-state index in [-0.39, 0.29) is 17.8 Å². The zero-order chi connectivity index (χ0) is 15.0. The van der Waals surface area contributed by atoms with E-state index in [1.54, 1.807) is 0 Å². The number of carbonyl (C=O) groups excluding carboxylic acids is 2. The predicted molar refractivity (Wildman–Crippen MR) is 78.3 cm³/mol. The summed E-state index contributed by atoms with van der Waals surface area (Å²) < 4.78 is 4.81. The van der Waals surface area contributed by atoms with Crippen molar-refractivity contribution in [3.05, 3.63) is 0 Å². The summed E-state index contributed by atoms with van der Waals surface area (Å²) in [7, 11) is 1.43. The second-order valence-corrected chi connectivity index (χ2v) is 5.48. The average molecular weight is 284 g/mol. The summed E-state index contributed by atoms with van der Waals surface area (Å²) in [6, 6.07) is 0. The van der Waals surface area contributed by atoms with Crippen molar-refractivity contribution in [3.8, 4) is 0 Å². The topological polar surface area (TPSA) is 49.9 Å². The van der Waals surface area contributed by atoms with Crippen molar-refractivity contribution < 1.29 is 14.3 Å². The second kappa shape index (κ2) is 8.95. The lowest BCUT2D eigenvalue weighted by Gasteiger charge is -2.32. The number of hydrogen-bond acceptors (Lipinski definition) is 4. The molecule has 0 spiro atoms. The lowest BCUT2D eigenvalue weighted by atomic mass is 9.98. The number of methoxy groups -OCH3 is 1. The highest BCUT2D eigenvalue weighted by molar-refractivity contribution is 5.78. The molecule has 0 aromatic heterocycles. The van der Waals surface area contributed by atoms with Crippen LogP contribution in [-0.4, -0.2) is 61.5 Å². The number of nitrogens with zero attached hydrogens (tertiary/aromatic N) is 2. The van der Waals surface area contributed by atoms with E-state index in [2.05, 4.69) is 18.7 Å². The van der Waals surface area contributed by atoms with E-state index in [0.717, 1.165) is 45.3 Å². The smallest absolute Gasteiger partial charge is 0.309 e. The van der Waals surface area contributed by atoms with Crippen molar-refractivity contribution in [2.45, 2.75) is 39.5 Å². The molecule has 116 valence electrons. The molecule has 5 heteroatoms. The zero-order valence-electron chi connectivity index (χ0n) is 13.1. The number of amides is 1. The summed E-state index contributed by atoms with van der Waals surface area (Å²) in [6.07, 6.45) is 3.78. The molecule has 20 heavy (non-hydrogen) atoms. The third kappa shape index (κ3) is 5.12.